The zero-order valence-corrected chi connectivity index (χ0v) is 15.2. The van der Waals surface area contributed by atoms with Gasteiger partial charge in [0.15, 0.2) is 0 Å². The molecule has 0 radical (unpaired) electrons. The molecule has 4 heteroatoms. The molecule has 4 rings (SSSR count). The van der Waals surface area contributed by atoms with E-state index in [-0.39, 0.29) is 5.91 Å². The molecule has 136 valence electrons. The second kappa shape index (κ2) is 8.27. The third-order valence-corrected chi connectivity index (χ3v) is 4.53. The van der Waals surface area contributed by atoms with E-state index in [9.17, 15) is 4.79 Å². The number of carbonyl (C=O) groups excluding carboxylic acids is 1. The molecular weight excluding hydrogens is 346 g/mol. The highest BCUT2D eigenvalue weighted by Crippen LogP contribution is 2.24. The monoisotopic (exact) mass is 365 g/mol. The molecule has 0 aliphatic carbocycles. The van der Waals surface area contributed by atoms with Crippen LogP contribution in [0.1, 0.15) is 15.9 Å². The Labute approximate surface area is 163 Å². The van der Waals surface area contributed by atoms with Crippen molar-refractivity contribution >= 4 is 5.91 Å². The van der Waals surface area contributed by atoms with Gasteiger partial charge in [-0.3, -0.25) is 14.8 Å². The Kier molecular flexibility index (Phi) is 5.20. The first-order valence-corrected chi connectivity index (χ1v) is 9.07. The maximum Gasteiger partial charge on any atom is 0.253 e. The number of rotatable bonds is 5. The number of hydrogen-bond acceptors (Lipinski definition) is 3. The minimum atomic E-state index is -0.146. The fourth-order valence-corrected chi connectivity index (χ4v) is 2.99. The van der Waals surface area contributed by atoms with Crippen LogP contribution in [0.2, 0.25) is 0 Å². The quantitative estimate of drug-likeness (QED) is 0.556. The van der Waals surface area contributed by atoms with E-state index in [1.165, 1.54) is 5.56 Å². The summed E-state index contributed by atoms with van der Waals surface area (Å²) in [6.45, 7) is 0.456. The van der Waals surface area contributed by atoms with E-state index in [1.807, 2.05) is 36.4 Å². The zero-order chi connectivity index (χ0) is 19.2. The molecule has 0 spiro atoms. The topological polar surface area (TPSA) is 54.9 Å². The van der Waals surface area contributed by atoms with Gasteiger partial charge in [-0.2, -0.15) is 0 Å². The van der Waals surface area contributed by atoms with Crippen molar-refractivity contribution in [3.8, 4) is 22.3 Å². The van der Waals surface area contributed by atoms with Crippen LogP contribution in [0.3, 0.4) is 0 Å². The lowest BCUT2D eigenvalue weighted by molar-refractivity contribution is 0.0950. The van der Waals surface area contributed by atoms with E-state index in [0.29, 0.717) is 12.1 Å². The van der Waals surface area contributed by atoms with Crippen LogP contribution in [0.15, 0.2) is 97.6 Å². The lowest BCUT2D eigenvalue weighted by atomic mass is 10.0. The van der Waals surface area contributed by atoms with Crippen molar-refractivity contribution in [2.24, 2.45) is 0 Å². The first-order chi connectivity index (χ1) is 13.8. The molecule has 0 fully saturated rings. The zero-order valence-electron chi connectivity index (χ0n) is 15.2. The maximum absolute atomic E-state index is 12.5. The molecule has 1 amide bonds. The van der Waals surface area contributed by atoms with Crippen LogP contribution in [-0.2, 0) is 6.54 Å². The van der Waals surface area contributed by atoms with Gasteiger partial charge in [-0.1, -0.05) is 54.6 Å². The summed E-state index contributed by atoms with van der Waals surface area (Å²) in [6, 6.07) is 24.1. The third kappa shape index (κ3) is 4.13. The van der Waals surface area contributed by atoms with Crippen LogP contribution >= 0.6 is 0 Å². The maximum atomic E-state index is 12.5. The molecule has 0 bridgehead atoms. The Balaban J connectivity index is 1.49. The number of benzene rings is 2. The van der Waals surface area contributed by atoms with Crippen LogP contribution < -0.4 is 5.32 Å². The molecule has 4 aromatic rings. The molecule has 0 aliphatic rings. The number of hydrogen-bond donors (Lipinski definition) is 1. The van der Waals surface area contributed by atoms with E-state index in [1.54, 1.807) is 24.8 Å². The van der Waals surface area contributed by atoms with Gasteiger partial charge in [0, 0.05) is 36.9 Å². The Morgan fingerprint density at radius 3 is 2.07 bits per heavy atom. The van der Waals surface area contributed by atoms with Gasteiger partial charge in [0.1, 0.15) is 0 Å². The Bertz CT molecular complexity index is 1060. The first-order valence-electron chi connectivity index (χ1n) is 9.07. The van der Waals surface area contributed by atoms with Crippen molar-refractivity contribution in [3.05, 3.63) is 109 Å². The summed E-state index contributed by atoms with van der Waals surface area (Å²) in [7, 11) is 0. The van der Waals surface area contributed by atoms with Gasteiger partial charge in [0.05, 0.1) is 5.56 Å². The van der Waals surface area contributed by atoms with Gasteiger partial charge >= 0.3 is 0 Å². The average molecular weight is 365 g/mol. The summed E-state index contributed by atoms with van der Waals surface area (Å²) in [5, 5.41) is 2.92. The van der Waals surface area contributed by atoms with Crippen LogP contribution in [0.5, 0.6) is 0 Å². The molecule has 2 heterocycles. The standard InChI is InChI=1S/C24H19N3O/c28-24(27-15-18-10-12-25-13-11-18)23-14-22(16-26-17-23)21-8-6-20(7-9-21)19-4-2-1-3-5-19/h1-14,16-17H,15H2,(H,27,28). The van der Waals surface area contributed by atoms with Crippen LogP contribution in [0, 0.1) is 0 Å². The molecule has 1 N–H and O–H groups in total. The van der Waals surface area contributed by atoms with Gasteiger partial charge in [-0.25, -0.2) is 0 Å². The predicted octanol–water partition coefficient (Wildman–Crippen LogP) is 4.74. The van der Waals surface area contributed by atoms with Crippen LogP contribution in [0.4, 0.5) is 0 Å². The molecular formula is C24H19N3O. The molecule has 0 atom stereocenters. The summed E-state index contributed by atoms with van der Waals surface area (Å²) in [4.78, 5) is 20.7. The van der Waals surface area contributed by atoms with E-state index in [0.717, 1.165) is 22.3 Å². The van der Waals surface area contributed by atoms with Crippen molar-refractivity contribution < 1.29 is 4.79 Å². The molecule has 2 aromatic heterocycles. The summed E-state index contributed by atoms with van der Waals surface area (Å²) < 4.78 is 0. The highest BCUT2D eigenvalue weighted by atomic mass is 16.1. The van der Waals surface area contributed by atoms with Crippen molar-refractivity contribution in [1.29, 1.82) is 0 Å². The van der Waals surface area contributed by atoms with Gasteiger partial charge in [-0.15, -0.1) is 0 Å². The third-order valence-electron chi connectivity index (χ3n) is 4.53. The van der Waals surface area contributed by atoms with Crippen molar-refractivity contribution in [2.45, 2.75) is 6.54 Å². The average Bonchev–Trinajstić information content (AvgIpc) is 2.79. The summed E-state index contributed by atoms with van der Waals surface area (Å²) in [5.74, 6) is -0.146. The number of nitrogens with one attached hydrogen (secondary N) is 1. The number of amides is 1. The Morgan fingerprint density at radius 2 is 1.36 bits per heavy atom. The van der Waals surface area contributed by atoms with E-state index in [4.69, 9.17) is 0 Å². The SMILES string of the molecule is O=C(NCc1ccncc1)c1cncc(-c2ccc(-c3ccccc3)cc2)c1. The van der Waals surface area contributed by atoms with Crippen molar-refractivity contribution in [3.63, 3.8) is 0 Å². The molecule has 0 saturated carbocycles. The largest absolute Gasteiger partial charge is 0.348 e. The second-order valence-electron chi connectivity index (χ2n) is 6.44. The predicted molar refractivity (Wildman–Crippen MR) is 111 cm³/mol. The first kappa shape index (κ1) is 17.6. The molecule has 4 nitrogen and oxygen atoms in total. The Morgan fingerprint density at radius 1 is 0.714 bits per heavy atom. The molecule has 0 unspecified atom stereocenters. The van der Waals surface area contributed by atoms with Gasteiger partial charge in [0.2, 0.25) is 0 Å². The summed E-state index contributed by atoms with van der Waals surface area (Å²) in [6.07, 6.45) is 6.78. The minimum Gasteiger partial charge on any atom is -0.348 e. The van der Waals surface area contributed by atoms with Crippen molar-refractivity contribution in [1.82, 2.24) is 15.3 Å². The number of aromatic nitrogens is 2. The number of pyridine rings is 2. The van der Waals surface area contributed by atoms with E-state index < -0.39 is 0 Å². The smallest absolute Gasteiger partial charge is 0.253 e. The summed E-state index contributed by atoms with van der Waals surface area (Å²) in [5.41, 5.74) is 5.81. The number of carbonyl (C=O) groups is 1. The minimum absolute atomic E-state index is 0.146. The van der Waals surface area contributed by atoms with Crippen LogP contribution in [0.25, 0.3) is 22.3 Å². The normalized spacial score (nSPS) is 10.4. The number of nitrogens with zero attached hydrogens (tertiary/aromatic N) is 2. The molecule has 0 aliphatic heterocycles. The summed E-state index contributed by atoms with van der Waals surface area (Å²) >= 11 is 0. The highest BCUT2D eigenvalue weighted by molar-refractivity contribution is 5.95. The molecule has 0 saturated heterocycles. The fourth-order valence-electron chi connectivity index (χ4n) is 2.99. The lowest BCUT2D eigenvalue weighted by Gasteiger charge is -2.08. The fraction of sp³-hybridized carbons (Fsp3) is 0.0417. The Hall–Kier alpha value is -3.79. The molecule has 28 heavy (non-hydrogen) atoms. The van der Waals surface area contributed by atoms with E-state index >= 15 is 0 Å². The second-order valence-corrected chi connectivity index (χ2v) is 6.44. The van der Waals surface area contributed by atoms with Gasteiger partial charge in [0.25, 0.3) is 5.91 Å². The molecule has 2 aromatic carbocycles. The van der Waals surface area contributed by atoms with Gasteiger partial charge in [-0.05, 0) is 40.5 Å². The van der Waals surface area contributed by atoms with Crippen molar-refractivity contribution in [2.75, 3.05) is 0 Å². The van der Waals surface area contributed by atoms with Gasteiger partial charge < -0.3 is 5.32 Å². The highest BCUT2D eigenvalue weighted by Gasteiger charge is 2.08. The lowest BCUT2D eigenvalue weighted by Crippen LogP contribution is -2.22. The van der Waals surface area contributed by atoms with Crippen LogP contribution in [-0.4, -0.2) is 15.9 Å². The van der Waals surface area contributed by atoms with E-state index in [2.05, 4.69) is 51.7 Å².